The molecule has 0 unspecified atom stereocenters. The number of ether oxygens (including phenoxy) is 1. The van der Waals surface area contributed by atoms with Gasteiger partial charge >= 0.3 is 0 Å². The standard InChI is InChI=1S/C23H18F2N10O/c1-12-4-5-19(32-31-12)29-16-7-15-17(8-18(16)36-3)34(11-28-15)20-10-27-21(22(24)25)23(30-20)35-13(2)6-14(9-26)33-35/h4-8,10-11,22H,1-3H3,(H,29,32). The Balaban J connectivity index is 1.60. The number of hydrogen-bond donors (Lipinski definition) is 1. The fraction of sp³-hybridized carbons (Fsp3) is 0.174. The molecule has 4 heterocycles. The van der Waals surface area contributed by atoms with E-state index in [1.165, 1.54) is 30.4 Å². The molecule has 1 N–H and O–H groups in total. The third kappa shape index (κ3) is 4.05. The zero-order chi connectivity index (χ0) is 25.4. The van der Waals surface area contributed by atoms with Crippen LogP contribution < -0.4 is 10.1 Å². The van der Waals surface area contributed by atoms with Gasteiger partial charge in [0.15, 0.2) is 28.8 Å². The minimum Gasteiger partial charge on any atom is -0.494 e. The molecule has 36 heavy (non-hydrogen) atoms. The van der Waals surface area contributed by atoms with Crippen LogP contribution in [0.1, 0.15) is 29.2 Å². The number of aryl methyl sites for hydroxylation is 2. The van der Waals surface area contributed by atoms with Crippen LogP contribution in [0.25, 0.3) is 22.7 Å². The van der Waals surface area contributed by atoms with E-state index in [2.05, 4.69) is 35.6 Å². The highest BCUT2D eigenvalue weighted by molar-refractivity contribution is 5.85. The van der Waals surface area contributed by atoms with E-state index in [1.54, 1.807) is 29.7 Å². The van der Waals surface area contributed by atoms with Crippen molar-refractivity contribution in [2.75, 3.05) is 12.4 Å². The molecule has 180 valence electrons. The highest BCUT2D eigenvalue weighted by atomic mass is 19.3. The van der Waals surface area contributed by atoms with Crippen LogP contribution in [0.3, 0.4) is 0 Å². The molecule has 0 bridgehead atoms. The molecule has 0 aliphatic carbocycles. The van der Waals surface area contributed by atoms with Crippen molar-refractivity contribution >= 4 is 22.5 Å². The number of rotatable bonds is 6. The summed E-state index contributed by atoms with van der Waals surface area (Å²) in [5, 5.41) is 24.5. The number of nitrogens with zero attached hydrogens (tertiary/aromatic N) is 9. The third-order valence-corrected chi connectivity index (χ3v) is 5.35. The van der Waals surface area contributed by atoms with Gasteiger partial charge in [-0.15, -0.1) is 5.10 Å². The number of halogens is 2. The van der Waals surface area contributed by atoms with Gasteiger partial charge in [0.2, 0.25) is 0 Å². The number of anilines is 2. The number of nitrogens with one attached hydrogen (secondary N) is 1. The molecular weight excluding hydrogens is 470 g/mol. The van der Waals surface area contributed by atoms with E-state index in [9.17, 15) is 8.78 Å². The van der Waals surface area contributed by atoms with Gasteiger partial charge in [0, 0.05) is 11.8 Å². The summed E-state index contributed by atoms with van der Waals surface area (Å²) >= 11 is 0. The van der Waals surface area contributed by atoms with Crippen molar-refractivity contribution in [1.82, 2.24) is 39.5 Å². The Bertz CT molecular complexity index is 1620. The van der Waals surface area contributed by atoms with E-state index in [0.29, 0.717) is 34.0 Å². The summed E-state index contributed by atoms with van der Waals surface area (Å²) in [6.07, 6.45) is -0.156. The summed E-state index contributed by atoms with van der Waals surface area (Å²) < 4.78 is 35.8. The lowest BCUT2D eigenvalue weighted by Crippen LogP contribution is -2.11. The number of alkyl halides is 2. The largest absolute Gasteiger partial charge is 0.494 e. The number of methoxy groups -OCH3 is 1. The lowest BCUT2D eigenvalue weighted by Gasteiger charge is -2.13. The van der Waals surface area contributed by atoms with Gasteiger partial charge in [-0.2, -0.15) is 15.5 Å². The predicted octanol–water partition coefficient (Wildman–Crippen LogP) is 3.97. The molecular formula is C23H18F2N10O. The van der Waals surface area contributed by atoms with Crippen LogP contribution in [-0.4, -0.2) is 46.6 Å². The molecule has 0 aliphatic rings. The normalized spacial score (nSPS) is 11.1. The first-order valence-corrected chi connectivity index (χ1v) is 10.6. The summed E-state index contributed by atoms with van der Waals surface area (Å²) in [5.41, 5.74) is 2.58. The summed E-state index contributed by atoms with van der Waals surface area (Å²) in [5.74, 6) is 1.08. The quantitative estimate of drug-likeness (QED) is 0.377. The molecule has 0 atom stereocenters. The van der Waals surface area contributed by atoms with E-state index in [4.69, 9.17) is 10.00 Å². The van der Waals surface area contributed by atoms with Gasteiger partial charge in [0.25, 0.3) is 6.43 Å². The number of imidazole rings is 1. The smallest absolute Gasteiger partial charge is 0.284 e. The van der Waals surface area contributed by atoms with Crippen LogP contribution in [0.5, 0.6) is 5.75 Å². The van der Waals surface area contributed by atoms with E-state index in [1.807, 2.05) is 19.1 Å². The van der Waals surface area contributed by atoms with Crippen molar-refractivity contribution in [2.24, 2.45) is 0 Å². The van der Waals surface area contributed by atoms with Crippen LogP contribution in [0.15, 0.2) is 42.9 Å². The van der Waals surface area contributed by atoms with Crippen molar-refractivity contribution in [1.29, 1.82) is 5.26 Å². The molecule has 0 saturated heterocycles. The van der Waals surface area contributed by atoms with Gasteiger partial charge in [-0.05, 0) is 38.1 Å². The summed E-state index contributed by atoms with van der Waals surface area (Å²) in [4.78, 5) is 12.8. The Morgan fingerprint density at radius 1 is 1.11 bits per heavy atom. The number of aromatic nitrogens is 8. The first-order valence-electron chi connectivity index (χ1n) is 10.6. The van der Waals surface area contributed by atoms with Crippen LogP contribution in [-0.2, 0) is 0 Å². The average Bonchev–Trinajstić information content (AvgIpc) is 3.47. The molecule has 5 rings (SSSR count). The molecule has 11 nitrogen and oxygen atoms in total. The first kappa shape index (κ1) is 22.8. The molecule has 0 aliphatic heterocycles. The maximum atomic E-state index is 13.7. The Morgan fingerprint density at radius 2 is 1.94 bits per heavy atom. The molecule has 0 radical (unpaired) electrons. The third-order valence-electron chi connectivity index (χ3n) is 5.35. The Labute approximate surface area is 203 Å². The maximum absolute atomic E-state index is 13.7. The molecule has 0 fully saturated rings. The van der Waals surface area contributed by atoms with Gasteiger partial charge in [-0.25, -0.2) is 28.4 Å². The lowest BCUT2D eigenvalue weighted by molar-refractivity contribution is 0.145. The molecule has 1 aromatic carbocycles. The van der Waals surface area contributed by atoms with Gasteiger partial charge in [0.05, 0.1) is 35.7 Å². The number of hydrogen-bond acceptors (Lipinski definition) is 9. The minimum atomic E-state index is -2.89. The van der Waals surface area contributed by atoms with E-state index in [-0.39, 0.29) is 17.3 Å². The molecule has 4 aromatic heterocycles. The second-order valence-corrected chi connectivity index (χ2v) is 7.77. The fourth-order valence-electron chi connectivity index (χ4n) is 3.64. The van der Waals surface area contributed by atoms with Gasteiger partial charge in [0.1, 0.15) is 18.1 Å². The van der Waals surface area contributed by atoms with E-state index < -0.39 is 12.1 Å². The molecule has 0 spiro atoms. The first-order chi connectivity index (χ1) is 17.4. The molecule has 13 heteroatoms. The second-order valence-electron chi connectivity index (χ2n) is 7.77. The lowest BCUT2D eigenvalue weighted by atomic mass is 10.2. The van der Waals surface area contributed by atoms with Crippen LogP contribution >= 0.6 is 0 Å². The SMILES string of the molecule is COc1cc2c(cc1Nc1ccc(C)nn1)ncn2-c1cnc(C(F)F)c(-n2nc(C#N)cc2C)n1. The van der Waals surface area contributed by atoms with Crippen LogP contribution in [0.2, 0.25) is 0 Å². The van der Waals surface area contributed by atoms with E-state index >= 15 is 0 Å². The monoisotopic (exact) mass is 488 g/mol. The summed E-state index contributed by atoms with van der Waals surface area (Å²) in [6, 6.07) is 10.5. The van der Waals surface area contributed by atoms with Gasteiger partial charge in [-0.3, -0.25) is 4.57 Å². The van der Waals surface area contributed by atoms with E-state index in [0.717, 1.165) is 5.69 Å². The van der Waals surface area contributed by atoms with Crippen LogP contribution in [0, 0.1) is 25.2 Å². The number of fused-ring (bicyclic) bond motifs is 1. The minimum absolute atomic E-state index is 0.0797. The van der Waals surface area contributed by atoms with Crippen molar-refractivity contribution in [3.63, 3.8) is 0 Å². The highest BCUT2D eigenvalue weighted by Gasteiger charge is 2.22. The maximum Gasteiger partial charge on any atom is 0.284 e. The van der Waals surface area contributed by atoms with Gasteiger partial charge in [-0.1, -0.05) is 0 Å². The zero-order valence-electron chi connectivity index (χ0n) is 19.3. The highest BCUT2D eigenvalue weighted by Crippen LogP contribution is 2.33. The molecule has 0 saturated carbocycles. The Morgan fingerprint density at radius 3 is 2.61 bits per heavy atom. The average molecular weight is 488 g/mol. The second kappa shape index (κ2) is 8.99. The number of nitriles is 1. The zero-order valence-corrected chi connectivity index (χ0v) is 19.3. The summed E-state index contributed by atoms with van der Waals surface area (Å²) in [6.45, 7) is 3.48. The van der Waals surface area contributed by atoms with Crippen molar-refractivity contribution in [2.45, 2.75) is 20.3 Å². The summed E-state index contributed by atoms with van der Waals surface area (Å²) in [7, 11) is 1.52. The molecule has 0 amide bonds. The Hall–Kier alpha value is -4.99. The van der Waals surface area contributed by atoms with Gasteiger partial charge < -0.3 is 10.1 Å². The Kier molecular flexibility index (Phi) is 5.69. The topological polar surface area (TPSA) is 132 Å². The fourth-order valence-corrected chi connectivity index (χ4v) is 3.64. The van der Waals surface area contributed by atoms with Crippen molar-refractivity contribution in [3.05, 3.63) is 65.6 Å². The van der Waals surface area contributed by atoms with Crippen LogP contribution in [0.4, 0.5) is 20.3 Å². The molecule has 5 aromatic rings. The van der Waals surface area contributed by atoms with Crippen molar-refractivity contribution < 1.29 is 13.5 Å². The van der Waals surface area contributed by atoms with Crippen molar-refractivity contribution in [3.8, 4) is 23.5 Å². The predicted molar refractivity (Wildman–Crippen MR) is 125 cm³/mol. The number of benzene rings is 1.